The minimum atomic E-state index is 0.520. The van der Waals surface area contributed by atoms with Crippen molar-refractivity contribution in [2.24, 2.45) is 5.73 Å². The summed E-state index contributed by atoms with van der Waals surface area (Å²) in [5.41, 5.74) is 9.96. The monoisotopic (exact) mass is 216 g/mol. The molecule has 0 amide bonds. The fraction of sp³-hybridized carbons (Fsp3) is 0.308. The lowest BCUT2D eigenvalue weighted by Crippen LogP contribution is -2.01. The molecule has 0 unspecified atom stereocenters. The molecule has 0 aliphatic rings. The first-order chi connectivity index (χ1) is 7.67. The number of aryl methyl sites for hydroxylation is 2. The van der Waals surface area contributed by atoms with E-state index < -0.39 is 0 Å². The molecule has 0 aliphatic heterocycles. The third-order valence-electron chi connectivity index (χ3n) is 2.77. The maximum absolute atomic E-state index is 5.75. The van der Waals surface area contributed by atoms with Crippen molar-refractivity contribution in [3.05, 3.63) is 35.0 Å². The van der Waals surface area contributed by atoms with Gasteiger partial charge in [-0.2, -0.15) is 0 Å². The van der Waals surface area contributed by atoms with Crippen molar-refractivity contribution in [1.29, 1.82) is 0 Å². The average molecular weight is 216 g/mol. The molecule has 0 fully saturated rings. The van der Waals surface area contributed by atoms with E-state index in [1.807, 2.05) is 19.1 Å². The van der Waals surface area contributed by atoms with Crippen molar-refractivity contribution in [2.45, 2.75) is 20.4 Å². The van der Waals surface area contributed by atoms with Gasteiger partial charge in [-0.25, -0.2) is 4.98 Å². The first-order valence-electron chi connectivity index (χ1n) is 5.31. The van der Waals surface area contributed by atoms with Gasteiger partial charge in [-0.05, 0) is 37.1 Å². The van der Waals surface area contributed by atoms with Crippen LogP contribution in [0.1, 0.15) is 16.8 Å². The molecule has 84 valence electrons. The second kappa shape index (κ2) is 4.10. The first-order valence-corrected chi connectivity index (χ1v) is 5.31. The minimum Gasteiger partial charge on any atom is -0.494 e. The molecule has 3 heteroatoms. The van der Waals surface area contributed by atoms with Crippen LogP contribution in [0.3, 0.4) is 0 Å². The van der Waals surface area contributed by atoms with Gasteiger partial charge < -0.3 is 10.5 Å². The molecule has 0 atom stereocenters. The molecule has 0 bridgehead atoms. The average Bonchev–Trinajstić information content (AvgIpc) is 2.27. The van der Waals surface area contributed by atoms with Crippen molar-refractivity contribution < 1.29 is 4.74 Å². The van der Waals surface area contributed by atoms with Crippen molar-refractivity contribution in [1.82, 2.24) is 4.98 Å². The maximum Gasteiger partial charge on any atom is 0.145 e. The fourth-order valence-corrected chi connectivity index (χ4v) is 2.09. The second-order valence-corrected chi connectivity index (χ2v) is 3.94. The Balaban J connectivity index is 2.90. The molecule has 0 spiro atoms. The molecule has 2 aromatic rings. The summed E-state index contributed by atoms with van der Waals surface area (Å²) in [6.07, 6.45) is 0. The smallest absolute Gasteiger partial charge is 0.145 e. The Morgan fingerprint density at radius 3 is 2.69 bits per heavy atom. The predicted molar refractivity (Wildman–Crippen MR) is 65.7 cm³/mol. The Morgan fingerprint density at radius 1 is 1.31 bits per heavy atom. The molecule has 0 saturated heterocycles. The summed E-state index contributed by atoms with van der Waals surface area (Å²) >= 11 is 0. The Kier molecular flexibility index (Phi) is 2.79. The Morgan fingerprint density at radius 2 is 2.06 bits per heavy atom. The van der Waals surface area contributed by atoms with E-state index in [4.69, 9.17) is 10.5 Å². The van der Waals surface area contributed by atoms with Gasteiger partial charge in [-0.15, -0.1) is 0 Å². The summed E-state index contributed by atoms with van der Waals surface area (Å²) in [5, 5.41) is 1.12. The quantitative estimate of drug-likeness (QED) is 0.838. The molecule has 3 nitrogen and oxygen atoms in total. The van der Waals surface area contributed by atoms with Crippen LogP contribution in [-0.2, 0) is 6.54 Å². The topological polar surface area (TPSA) is 48.1 Å². The van der Waals surface area contributed by atoms with Crippen molar-refractivity contribution in [2.75, 3.05) is 7.11 Å². The largest absolute Gasteiger partial charge is 0.494 e. The summed E-state index contributed by atoms with van der Waals surface area (Å²) in [6.45, 7) is 4.59. The number of hydrogen-bond acceptors (Lipinski definition) is 3. The van der Waals surface area contributed by atoms with E-state index in [1.165, 1.54) is 5.56 Å². The number of nitrogens with zero attached hydrogens (tertiary/aromatic N) is 1. The zero-order valence-electron chi connectivity index (χ0n) is 9.87. The Labute approximate surface area is 95.2 Å². The first kappa shape index (κ1) is 10.9. The lowest BCUT2D eigenvalue weighted by atomic mass is 10.0. The summed E-state index contributed by atoms with van der Waals surface area (Å²) in [5.74, 6) is 0.805. The molecule has 0 aliphatic carbocycles. The standard InChI is InChI=1S/C13H16N2O/c1-8-6-9(2)15-13-11(16-3)5-4-10(7-14)12(8)13/h4-6H,7,14H2,1-3H3. The van der Waals surface area contributed by atoms with Crippen LogP contribution >= 0.6 is 0 Å². The highest BCUT2D eigenvalue weighted by molar-refractivity contribution is 5.90. The van der Waals surface area contributed by atoms with Gasteiger partial charge in [-0.3, -0.25) is 0 Å². The van der Waals surface area contributed by atoms with E-state index in [1.54, 1.807) is 7.11 Å². The number of hydrogen-bond donors (Lipinski definition) is 1. The van der Waals surface area contributed by atoms with Gasteiger partial charge in [-0.1, -0.05) is 6.07 Å². The summed E-state index contributed by atoms with van der Waals surface area (Å²) < 4.78 is 5.33. The summed E-state index contributed by atoms with van der Waals surface area (Å²) in [7, 11) is 1.66. The number of benzene rings is 1. The molecular weight excluding hydrogens is 200 g/mol. The van der Waals surface area contributed by atoms with Gasteiger partial charge in [0.05, 0.1) is 7.11 Å². The third kappa shape index (κ3) is 1.63. The van der Waals surface area contributed by atoms with Crippen molar-refractivity contribution in [3.8, 4) is 5.75 Å². The molecule has 0 radical (unpaired) electrons. The summed E-state index contributed by atoms with van der Waals surface area (Å²) in [6, 6.07) is 6.00. The number of methoxy groups -OCH3 is 1. The number of ether oxygens (including phenoxy) is 1. The Hall–Kier alpha value is -1.61. The highest BCUT2D eigenvalue weighted by atomic mass is 16.5. The minimum absolute atomic E-state index is 0.520. The van der Waals surface area contributed by atoms with Crippen LogP contribution in [0.5, 0.6) is 5.75 Å². The van der Waals surface area contributed by atoms with Gasteiger partial charge in [0.1, 0.15) is 11.3 Å². The van der Waals surface area contributed by atoms with Crippen LogP contribution < -0.4 is 10.5 Å². The maximum atomic E-state index is 5.75. The van der Waals surface area contributed by atoms with E-state index in [9.17, 15) is 0 Å². The van der Waals surface area contributed by atoms with E-state index in [0.29, 0.717) is 6.54 Å². The van der Waals surface area contributed by atoms with E-state index in [0.717, 1.165) is 27.9 Å². The molecular formula is C13H16N2O. The third-order valence-corrected chi connectivity index (χ3v) is 2.77. The van der Waals surface area contributed by atoms with Crippen molar-refractivity contribution in [3.63, 3.8) is 0 Å². The molecule has 2 N–H and O–H groups in total. The highest BCUT2D eigenvalue weighted by Gasteiger charge is 2.09. The number of aromatic nitrogens is 1. The van der Waals surface area contributed by atoms with Gasteiger partial charge >= 0.3 is 0 Å². The number of rotatable bonds is 2. The molecule has 16 heavy (non-hydrogen) atoms. The van der Waals surface area contributed by atoms with Crippen LogP contribution in [0, 0.1) is 13.8 Å². The lowest BCUT2D eigenvalue weighted by Gasteiger charge is -2.11. The zero-order valence-corrected chi connectivity index (χ0v) is 9.87. The molecule has 1 aromatic heterocycles. The van der Waals surface area contributed by atoms with E-state index in [2.05, 4.69) is 18.0 Å². The highest BCUT2D eigenvalue weighted by Crippen LogP contribution is 2.29. The fourth-order valence-electron chi connectivity index (χ4n) is 2.09. The predicted octanol–water partition coefficient (Wildman–Crippen LogP) is 2.32. The lowest BCUT2D eigenvalue weighted by molar-refractivity contribution is 0.418. The number of nitrogens with two attached hydrogens (primary N) is 1. The Bertz CT molecular complexity index is 535. The molecule has 1 heterocycles. The summed E-state index contributed by atoms with van der Waals surface area (Å²) in [4.78, 5) is 4.54. The van der Waals surface area contributed by atoms with Gasteiger partial charge in [0, 0.05) is 17.6 Å². The van der Waals surface area contributed by atoms with Gasteiger partial charge in [0.15, 0.2) is 0 Å². The van der Waals surface area contributed by atoms with E-state index >= 15 is 0 Å². The van der Waals surface area contributed by atoms with Crippen molar-refractivity contribution >= 4 is 10.9 Å². The number of pyridine rings is 1. The number of fused-ring (bicyclic) bond motifs is 1. The molecule has 2 rings (SSSR count). The second-order valence-electron chi connectivity index (χ2n) is 3.94. The van der Waals surface area contributed by atoms with Crippen LogP contribution in [0.4, 0.5) is 0 Å². The normalized spacial score (nSPS) is 10.8. The van der Waals surface area contributed by atoms with E-state index in [-0.39, 0.29) is 0 Å². The van der Waals surface area contributed by atoms with Gasteiger partial charge in [0.25, 0.3) is 0 Å². The SMILES string of the molecule is COc1ccc(CN)c2c(C)cc(C)nc12. The van der Waals surface area contributed by atoms with Crippen LogP contribution in [-0.4, -0.2) is 12.1 Å². The van der Waals surface area contributed by atoms with Crippen LogP contribution in [0.15, 0.2) is 18.2 Å². The zero-order chi connectivity index (χ0) is 11.7. The molecule has 0 saturated carbocycles. The van der Waals surface area contributed by atoms with Crippen LogP contribution in [0.2, 0.25) is 0 Å². The molecule has 1 aromatic carbocycles. The van der Waals surface area contributed by atoms with Gasteiger partial charge in [0.2, 0.25) is 0 Å². The van der Waals surface area contributed by atoms with Crippen LogP contribution in [0.25, 0.3) is 10.9 Å².